The summed E-state index contributed by atoms with van der Waals surface area (Å²) < 4.78 is 0. The summed E-state index contributed by atoms with van der Waals surface area (Å²) in [7, 11) is 0. The van der Waals surface area contributed by atoms with Crippen LogP contribution in [0, 0.1) is 56.2 Å². The second-order valence-electron chi connectivity index (χ2n) is 16.0. The fraction of sp³-hybridized carbons (Fsp3) is 0.871. The molecule has 0 heterocycles. The van der Waals surface area contributed by atoms with Crippen LogP contribution < -0.4 is 0 Å². The highest BCUT2D eigenvalue weighted by atomic mass is 14.5. The van der Waals surface area contributed by atoms with Crippen molar-refractivity contribution in [1.29, 1.82) is 0 Å². The van der Waals surface area contributed by atoms with Crippen LogP contribution in [0.5, 0.6) is 0 Å². The van der Waals surface area contributed by atoms with Gasteiger partial charge in [-0.2, -0.15) is 0 Å². The quantitative estimate of drug-likeness (QED) is 0.264. The maximum atomic E-state index is 3.21. The summed E-state index contributed by atoms with van der Waals surface area (Å²) in [6, 6.07) is 0. The highest BCUT2D eigenvalue weighted by Crippen LogP contribution is 2.58. The molecule has 0 bridgehead atoms. The largest absolute Gasteiger partial charge is 0.0968 e. The Bertz CT molecular complexity index is 538. The Balaban J connectivity index is 0. The predicted octanol–water partition coefficient (Wildman–Crippen LogP) is 10.4. The zero-order chi connectivity index (χ0) is 25.7. The van der Waals surface area contributed by atoms with Crippen LogP contribution >= 0.6 is 0 Å². The summed E-state index contributed by atoms with van der Waals surface area (Å²) in [6.07, 6.45) is 5.99. The lowest BCUT2D eigenvalue weighted by Gasteiger charge is -2.24. The molecule has 0 radical (unpaired) electrons. The van der Waals surface area contributed by atoms with Crippen LogP contribution in [0.25, 0.3) is 0 Å². The summed E-state index contributed by atoms with van der Waals surface area (Å²) >= 11 is 0. The van der Waals surface area contributed by atoms with Crippen molar-refractivity contribution in [2.45, 2.75) is 131 Å². The Kier molecular flexibility index (Phi) is 11.5. The Morgan fingerprint density at radius 2 is 0.677 bits per heavy atom. The molecule has 0 spiro atoms. The smallest absolute Gasteiger partial charge is 0.0230 e. The van der Waals surface area contributed by atoms with Gasteiger partial charge in [0.05, 0.1) is 0 Å². The van der Waals surface area contributed by atoms with Gasteiger partial charge in [-0.05, 0) is 81.5 Å². The second-order valence-corrected chi connectivity index (χ2v) is 16.0. The number of rotatable bonds is 0. The second kappa shape index (κ2) is 10.9. The molecule has 1 aliphatic rings. The molecule has 0 aromatic rings. The third kappa shape index (κ3) is 22.3. The third-order valence-electron chi connectivity index (χ3n) is 4.91. The van der Waals surface area contributed by atoms with Crippen molar-refractivity contribution in [1.82, 2.24) is 0 Å². The molecule has 0 aromatic heterocycles. The van der Waals surface area contributed by atoms with Crippen LogP contribution in [0.2, 0.25) is 0 Å². The van der Waals surface area contributed by atoms with Gasteiger partial charge in [-0.25, -0.2) is 0 Å². The molecule has 0 amide bonds. The average Bonchev–Trinajstić information content (AvgIpc) is 3.22. The van der Waals surface area contributed by atoms with Crippen LogP contribution in [0.15, 0.2) is 12.2 Å². The summed E-state index contributed by atoms with van der Waals surface area (Å²) in [4.78, 5) is 0. The SMILES string of the molecule is CC(C)(C)/C=C\C(C)(C)C.CC(C)(C)C#CC(C)(C)C.CC(C)(C)C1CC1C(C)(C)C. The van der Waals surface area contributed by atoms with E-state index in [2.05, 4.69) is 149 Å². The first-order chi connectivity index (χ1) is 13.1. The Morgan fingerprint density at radius 1 is 0.452 bits per heavy atom. The van der Waals surface area contributed by atoms with Gasteiger partial charge in [0, 0.05) is 10.8 Å². The summed E-state index contributed by atoms with van der Waals surface area (Å²) in [5, 5.41) is 0. The Morgan fingerprint density at radius 3 is 0.774 bits per heavy atom. The standard InChI is InChI=1S/C11H22.C10H20.C10H18/c1-10(2,3)8-7-9(8)11(4,5)6;2*1-9(2,3)7-8-10(4,5)6/h8-9H,7H2,1-6H3;7-8H,1-6H3;1-6H3/b;8-7-;. The number of hydrogen-bond donors (Lipinski definition) is 0. The summed E-state index contributed by atoms with van der Waals surface area (Å²) in [5.41, 5.74) is 2.02. The Labute approximate surface area is 199 Å². The molecule has 2 atom stereocenters. The van der Waals surface area contributed by atoms with E-state index in [0.717, 1.165) is 11.8 Å². The third-order valence-corrected chi connectivity index (χ3v) is 4.91. The summed E-state index contributed by atoms with van der Waals surface area (Å²) in [6.45, 7) is 40.3. The lowest BCUT2D eigenvalue weighted by Crippen LogP contribution is -2.16. The topological polar surface area (TPSA) is 0 Å². The van der Waals surface area contributed by atoms with E-state index >= 15 is 0 Å². The molecule has 1 saturated carbocycles. The number of hydrogen-bond acceptors (Lipinski definition) is 0. The van der Waals surface area contributed by atoms with Gasteiger partial charge in [0.2, 0.25) is 0 Å². The van der Waals surface area contributed by atoms with Crippen molar-refractivity contribution in [2.24, 2.45) is 44.3 Å². The first kappa shape index (κ1) is 32.5. The van der Waals surface area contributed by atoms with Crippen molar-refractivity contribution in [2.75, 3.05) is 0 Å². The molecule has 0 heteroatoms. The van der Waals surface area contributed by atoms with E-state index in [1.165, 1.54) is 6.42 Å². The molecule has 1 aliphatic carbocycles. The lowest BCUT2D eigenvalue weighted by molar-refractivity contribution is 0.254. The monoisotopic (exact) mass is 432 g/mol. The molecule has 0 aromatic carbocycles. The number of allylic oxidation sites excluding steroid dienone is 2. The van der Waals surface area contributed by atoms with Crippen molar-refractivity contribution in [3.05, 3.63) is 12.2 Å². The van der Waals surface area contributed by atoms with E-state index in [1.54, 1.807) is 0 Å². The molecular weight excluding hydrogens is 372 g/mol. The molecule has 0 saturated heterocycles. The zero-order valence-corrected chi connectivity index (χ0v) is 25.0. The van der Waals surface area contributed by atoms with Gasteiger partial charge < -0.3 is 0 Å². The van der Waals surface area contributed by atoms with Crippen molar-refractivity contribution >= 4 is 0 Å². The van der Waals surface area contributed by atoms with Crippen molar-refractivity contribution in [3.8, 4) is 11.8 Å². The molecular formula is C31H60. The minimum atomic E-state index is 0.146. The lowest BCUT2D eigenvalue weighted by atomic mass is 9.81. The molecule has 0 N–H and O–H groups in total. The van der Waals surface area contributed by atoms with Crippen LogP contribution in [-0.4, -0.2) is 0 Å². The highest BCUT2D eigenvalue weighted by Gasteiger charge is 2.50. The van der Waals surface area contributed by atoms with Crippen molar-refractivity contribution in [3.63, 3.8) is 0 Å². The van der Waals surface area contributed by atoms with Gasteiger partial charge in [-0.1, -0.05) is 107 Å². The van der Waals surface area contributed by atoms with Crippen LogP contribution in [0.4, 0.5) is 0 Å². The van der Waals surface area contributed by atoms with Gasteiger partial charge in [0.15, 0.2) is 0 Å². The van der Waals surface area contributed by atoms with Gasteiger partial charge >= 0.3 is 0 Å². The molecule has 2 unspecified atom stereocenters. The predicted molar refractivity (Wildman–Crippen MR) is 145 cm³/mol. The molecule has 0 nitrogen and oxygen atoms in total. The van der Waals surface area contributed by atoms with Gasteiger partial charge in [-0.3, -0.25) is 0 Å². The summed E-state index contributed by atoms with van der Waals surface area (Å²) in [5.74, 6) is 8.37. The maximum absolute atomic E-state index is 3.21. The molecule has 1 rings (SSSR count). The molecule has 0 aliphatic heterocycles. The fourth-order valence-electron chi connectivity index (χ4n) is 2.98. The molecule has 184 valence electrons. The minimum absolute atomic E-state index is 0.146. The van der Waals surface area contributed by atoms with E-state index in [-0.39, 0.29) is 10.8 Å². The molecule has 31 heavy (non-hydrogen) atoms. The van der Waals surface area contributed by atoms with Gasteiger partial charge in [-0.15, -0.1) is 0 Å². The van der Waals surface area contributed by atoms with Crippen molar-refractivity contribution < 1.29 is 0 Å². The minimum Gasteiger partial charge on any atom is -0.0968 e. The normalized spacial score (nSPS) is 20.1. The van der Waals surface area contributed by atoms with Crippen LogP contribution in [0.3, 0.4) is 0 Å². The zero-order valence-electron chi connectivity index (χ0n) is 25.0. The van der Waals surface area contributed by atoms with E-state index in [4.69, 9.17) is 0 Å². The van der Waals surface area contributed by atoms with Crippen LogP contribution in [0.1, 0.15) is 131 Å². The van der Waals surface area contributed by atoms with E-state index in [0.29, 0.717) is 21.7 Å². The van der Waals surface area contributed by atoms with E-state index in [9.17, 15) is 0 Å². The highest BCUT2D eigenvalue weighted by molar-refractivity contribution is 5.12. The average molecular weight is 433 g/mol. The Hall–Kier alpha value is -0.700. The van der Waals surface area contributed by atoms with Gasteiger partial charge in [0.25, 0.3) is 0 Å². The van der Waals surface area contributed by atoms with E-state index < -0.39 is 0 Å². The van der Waals surface area contributed by atoms with Crippen LogP contribution in [-0.2, 0) is 0 Å². The fourth-order valence-corrected chi connectivity index (χ4v) is 2.98. The first-order valence-electron chi connectivity index (χ1n) is 12.4. The molecule has 1 fully saturated rings. The first-order valence-corrected chi connectivity index (χ1v) is 12.4. The maximum Gasteiger partial charge on any atom is 0.0230 e. The van der Waals surface area contributed by atoms with E-state index in [1.807, 2.05) is 0 Å². The van der Waals surface area contributed by atoms with Gasteiger partial charge in [0.1, 0.15) is 0 Å².